The fraction of sp³-hybridized carbons (Fsp3) is 0.850. The quantitative estimate of drug-likeness (QED) is 0.276. The maximum Gasteiger partial charge on any atom is 0.330 e. The molecule has 128 valence electrons. The van der Waals surface area contributed by atoms with Gasteiger partial charge in [-0.05, 0) is 12.8 Å². The third-order valence-electron chi connectivity index (χ3n) is 4.57. The maximum atomic E-state index is 11.1. The average molecular weight is 309 g/mol. The van der Waals surface area contributed by atoms with Crippen molar-refractivity contribution in [2.45, 2.75) is 109 Å². The Morgan fingerprint density at radius 2 is 1.36 bits per heavy atom. The topological polar surface area (TPSA) is 26.3 Å². The number of ether oxygens (including phenoxy) is 1. The molecular weight excluding hydrogens is 272 g/mol. The second-order valence-corrected chi connectivity index (χ2v) is 6.73. The number of carbonyl (C=O) groups excluding carboxylic acids is 1. The highest BCUT2D eigenvalue weighted by molar-refractivity contribution is 5.82. The first-order chi connectivity index (χ1) is 10.8. The van der Waals surface area contributed by atoms with Gasteiger partial charge in [0, 0.05) is 12.5 Å². The fourth-order valence-electron chi connectivity index (χ4n) is 3.13. The zero-order chi connectivity index (χ0) is 15.9. The maximum absolute atomic E-state index is 11.1. The van der Waals surface area contributed by atoms with Crippen LogP contribution in [-0.4, -0.2) is 12.1 Å². The molecule has 0 bridgehead atoms. The third kappa shape index (κ3) is 10.9. The zero-order valence-electron chi connectivity index (χ0n) is 14.7. The first kappa shape index (κ1) is 19.3. The molecule has 1 aliphatic heterocycles. The molecule has 1 rings (SSSR count). The summed E-state index contributed by atoms with van der Waals surface area (Å²) < 4.78 is 5.27. The number of unbranched alkanes of at least 4 members (excludes halogenated alkanes) is 12. The predicted octanol–water partition coefficient (Wildman–Crippen LogP) is 6.34. The SMILES string of the molecule is CCCCCCCCCCCCCCC[C@@H]1CC=CC(=O)O1. The van der Waals surface area contributed by atoms with Crippen LogP contribution in [-0.2, 0) is 9.53 Å². The first-order valence-electron chi connectivity index (χ1n) is 9.70. The van der Waals surface area contributed by atoms with Crippen molar-refractivity contribution in [3.8, 4) is 0 Å². The van der Waals surface area contributed by atoms with Gasteiger partial charge >= 0.3 is 5.97 Å². The Kier molecular flexibility index (Phi) is 12.1. The lowest BCUT2D eigenvalue weighted by molar-refractivity contribution is -0.144. The van der Waals surface area contributed by atoms with Crippen molar-refractivity contribution in [3.05, 3.63) is 12.2 Å². The summed E-state index contributed by atoms with van der Waals surface area (Å²) in [5.74, 6) is -0.161. The van der Waals surface area contributed by atoms with Gasteiger partial charge in [0.05, 0.1) is 0 Å². The molecule has 1 aliphatic rings. The van der Waals surface area contributed by atoms with Gasteiger partial charge in [-0.15, -0.1) is 0 Å². The van der Waals surface area contributed by atoms with Gasteiger partial charge in [-0.1, -0.05) is 90.0 Å². The van der Waals surface area contributed by atoms with Crippen molar-refractivity contribution in [2.75, 3.05) is 0 Å². The molecule has 1 heterocycles. The van der Waals surface area contributed by atoms with E-state index in [1.807, 2.05) is 6.08 Å². The molecule has 2 nitrogen and oxygen atoms in total. The van der Waals surface area contributed by atoms with Crippen LogP contribution in [0.1, 0.15) is 103 Å². The number of esters is 1. The molecule has 22 heavy (non-hydrogen) atoms. The highest BCUT2D eigenvalue weighted by Crippen LogP contribution is 2.17. The van der Waals surface area contributed by atoms with Crippen LogP contribution in [0.3, 0.4) is 0 Å². The molecule has 0 amide bonds. The lowest BCUT2D eigenvalue weighted by Gasteiger charge is -2.18. The molecule has 0 saturated heterocycles. The van der Waals surface area contributed by atoms with E-state index in [2.05, 4.69) is 6.92 Å². The Morgan fingerprint density at radius 1 is 0.864 bits per heavy atom. The Hall–Kier alpha value is -0.790. The van der Waals surface area contributed by atoms with Crippen LogP contribution in [0.5, 0.6) is 0 Å². The fourth-order valence-corrected chi connectivity index (χ4v) is 3.13. The molecule has 2 heteroatoms. The van der Waals surface area contributed by atoms with E-state index in [1.54, 1.807) is 6.08 Å². The normalized spacial score (nSPS) is 17.7. The van der Waals surface area contributed by atoms with Crippen LogP contribution < -0.4 is 0 Å². The van der Waals surface area contributed by atoms with E-state index in [1.165, 1.54) is 83.5 Å². The highest BCUT2D eigenvalue weighted by atomic mass is 16.5. The Bertz CT molecular complexity index is 296. The minimum Gasteiger partial charge on any atom is -0.459 e. The number of cyclic esters (lactones) is 1. The second-order valence-electron chi connectivity index (χ2n) is 6.73. The molecule has 0 spiro atoms. The molecule has 0 aromatic carbocycles. The van der Waals surface area contributed by atoms with E-state index in [-0.39, 0.29) is 12.1 Å². The molecule has 0 aromatic heterocycles. The summed E-state index contributed by atoms with van der Waals surface area (Å²) in [4.78, 5) is 11.1. The van der Waals surface area contributed by atoms with Gasteiger partial charge in [-0.2, -0.15) is 0 Å². The molecule has 0 fully saturated rings. The predicted molar refractivity (Wildman–Crippen MR) is 93.9 cm³/mol. The van der Waals surface area contributed by atoms with Crippen LogP contribution >= 0.6 is 0 Å². The van der Waals surface area contributed by atoms with Gasteiger partial charge in [-0.25, -0.2) is 4.79 Å². The number of hydrogen-bond acceptors (Lipinski definition) is 2. The molecule has 0 N–H and O–H groups in total. The molecule has 0 unspecified atom stereocenters. The van der Waals surface area contributed by atoms with E-state index in [4.69, 9.17) is 4.74 Å². The van der Waals surface area contributed by atoms with E-state index < -0.39 is 0 Å². The summed E-state index contributed by atoms with van der Waals surface area (Å²) >= 11 is 0. The molecule has 0 radical (unpaired) electrons. The highest BCUT2D eigenvalue weighted by Gasteiger charge is 2.14. The standard InChI is InChI=1S/C20H36O2/c1-2-3-4-5-6-7-8-9-10-11-12-13-14-16-19-17-15-18-20(21)22-19/h15,18-19H,2-14,16-17H2,1H3/t19-/m1/s1. The Balaban J connectivity index is 1.75. The largest absolute Gasteiger partial charge is 0.459 e. The van der Waals surface area contributed by atoms with E-state index in [9.17, 15) is 4.79 Å². The molecule has 1 atom stereocenters. The smallest absolute Gasteiger partial charge is 0.330 e. The second kappa shape index (κ2) is 13.8. The Labute approximate surface area is 137 Å². The molecule has 0 saturated carbocycles. The van der Waals surface area contributed by atoms with Crippen LogP contribution in [0, 0.1) is 0 Å². The molecule has 0 aromatic rings. The van der Waals surface area contributed by atoms with Crippen molar-refractivity contribution in [2.24, 2.45) is 0 Å². The van der Waals surface area contributed by atoms with Gasteiger partial charge in [0.1, 0.15) is 6.10 Å². The number of carbonyl (C=O) groups is 1. The van der Waals surface area contributed by atoms with Gasteiger partial charge in [0.25, 0.3) is 0 Å². The van der Waals surface area contributed by atoms with E-state index in [0.717, 1.165) is 12.8 Å². The third-order valence-corrected chi connectivity index (χ3v) is 4.57. The molecular formula is C20H36O2. The Morgan fingerprint density at radius 3 is 1.86 bits per heavy atom. The van der Waals surface area contributed by atoms with Gasteiger partial charge in [-0.3, -0.25) is 0 Å². The minimum absolute atomic E-state index is 0.144. The lowest BCUT2D eigenvalue weighted by Crippen LogP contribution is -2.19. The van der Waals surface area contributed by atoms with Crippen molar-refractivity contribution >= 4 is 5.97 Å². The average Bonchev–Trinajstić information content (AvgIpc) is 2.52. The van der Waals surface area contributed by atoms with E-state index in [0.29, 0.717) is 0 Å². The number of rotatable bonds is 14. The summed E-state index contributed by atoms with van der Waals surface area (Å²) in [6.07, 6.45) is 23.5. The monoisotopic (exact) mass is 308 g/mol. The number of hydrogen-bond donors (Lipinski definition) is 0. The minimum atomic E-state index is -0.161. The van der Waals surface area contributed by atoms with Crippen LogP contribution in [0.4, 0.5) is 0 Å². The van der Waals surface area contributed by atoms with E-state index >= 15 is 0 Å². The molecule has 0 aliphatic carbocycles. The first-order valence-corrected chi connectivity index (χ1v) is 9.70. The van der Waals surface area contributed by atoms with Crippen molar-refractivity contribution in [1.82, 2.24) is 0 Å². The summed E-state index contributed by atoms with van der Waals surface area (Å²) in [5.41, 5.74) is 0. The summed E-state index contributed by atoms with van der Waals surface area (Å²) in [5, 5.41) is 0. The van der Waals surface area contributed by atoms with Gasteiger partial charge in [0.2, 0.25) is 0 Å². The summed E-state index contributed by atoms with van der Waals surface area (Å²) in [6.45, 7) is 2.28. The lowest BCUT2D eigenvalue weighted by atomic mass is 10.0. The van der Waals surface area contributed by atoms with Crippen LogP contribution in [0.25, 0.3) is 0 Å². The van der Waals surface area contributed by atoms with Crippen LogP contribution in [0.15, 0.2) is 12.2 Å². The van der Waals surface area contributed by atoms with Crippen molar-refractivity contribution < 1.29 is 9.53 Å². The van der Waals surface area contributed by atoms with Crippen molar-refractivity contribution in [3.63, 3.8) is 0 Å². The summed E-state index contributed by atoms with van der Waals surface area (Å²) in [7, 11) is 0. The zero-order valence-corrected chi connectivity index (χ0v) is 14.7. The van der Waals surface area contributed by atoms with Crippen LogP contribution in [0.2, 0.25) is 0 Å². The van der Waals surface area contributed by atoms with Gasteiger partial charge in [0.15, 0.2) is 0 Å². The van der Waals surface area contributed by atoms with Crippen molar-refractivity contribution in [1.29, 1.82) is 0 Å². The van der Waals surface area contributed by atoms with Gasteiger partial charge < -0.3 is 4.74 Å². The summed E-state index contributed by atoms with van der Waals surface area (Å²) in [6, 6.07) is 0.